The molecule has 0 aliphatic rings. The first-order valence-corrected chi connectivity index (χ1v) is 8.63. The molecule has 0 aliphatic heterocycles. The standard InChI is InChI=1S/C17H36N4O4.2ClH/c1-10-11-21(12(2)24-13(22)19-15(3,4)5)17(9,18)25-14(23)20-16(6,7)8;;/h12H,10-11,18H2,1-9H3,(H,19,22)(H,20,23);2*1H. The average molecular weight is 433 g/mol. The van der Waals surface area contributed by atoms with Gasteiger partial charge in [-0.25, -0.2) is 14.5 Å². The zero-order chi connectivity index (χ0) is 20.1. The van der Waals surface area contributed by atoms with E-state index in [0.29, 0.717) is 6.54 Å². The highest BCUT2D eigenvalue weighted by Crippen LogP contribution is 2.17. The monoisotopic (exact) mass is 432 g/mol. The molecule has 2 unspecified atom stereocenters. The number of rotatable bonds is 6. The Morgan fingerprint density at radius 1 is 0.963 bits per heavy atom. The average Bonchev–Trinajstić information content (AvgIpc) is 2.29. The predicted octanol–water partition coefficient (Wildman–Crippen LogP) is 3.57. The molecular weight excluding hydrogens is 395 g/mol. The molecule has 0 rings (SSSR count). The highest BCUT2D eigenvalue weighted by atomic mass is 35.5. The normalized spacial score (nSPS) is 14.8. The third kappa shape index (κ3) is 13.8. The quantitative estimate of drug-likeness (QED) is 0.553. The van der Waals surface area contributed by atoms with Crippen molar-refractivity contribution in [3.63, 3.8) is 0 Å². The van der Waals surface area contributed by atoms with Gasteiger partial charge in [0, 0.05) is 24.5 Å². The number of ether oxygens (including phenoxy) is 2. The summed E-state index contributed by atoms with van der Waals surface area (Å²) >= 11 is 0. The number of nitrogens with zero attached hydrogens (tertiary/aromatic N) is 1. The van der Waals surface area contributed by atoms with Crippen LogP contribution < -0.4 is 16.4 Å². The molecule has 0 aromatic carbocycles. The summed E-state index contributed by atoms with van der Waals surface area (Å²) < 4.78 is 10.8. The molecule has 164 valence electrons. The maximum Gasteiger partial charge on any atom is 0.410 e. The number of hydrogen-bond acceptors (Lipinski definition) is 6. The molecule has 0 aromatic heterocycles. The Kier molecular flexibility index (Phi) is 13.4. The van der Waals surface area contributed by atoms with E-state index in [9.17, 15) is 9.59 Å². The number of carbonyl (C=O) groups is 2. The van der Waals surface area contributed by atoms with E-state index in [0.717, 1.165) is 6.42 Å². The van der Waals surface area contributed by atoms with Gasteiger partial charge in [-0.1, -0.05) is 6.92 Å². The highest BCUT2D eigenvalue weighted by molar-refractivity contribution is 5.85. The molecule has 10 heteroatoms. The summed E-state index contributed by atoms with van der Waals surface area (Å²) in [5.41, 5.74) is 5.34. The van der Waals surface area contributed by atoms with Gasteiger partial charge in [0.1, 0.15) is 0 Å². The van der Waals surface area contributed by atoms with Crippen LogP contribution in [0.5, 0.6) is 0 Å². The number of nitrogens with two attached hydrogens (primary N) is 1. The topological polar surface area (TPSA) is 106 Å². The van der Waals surface area contributed by atoms with Gasteiger partial charge in [0.05, 0.1) is 0 Å². The number of hydrogen-bond donors (Lipinski definition) is 3. The third-order valence-corrected chi connectivity index (χ3v) is 3.00. The minimum Gasteiger partial charge on any atom is -0.430 e. The van der Waals surface area contributed by atoms with Crippen LogP contribution in [0.2, 0.25) is 0 Å². The number of halogens is 2. The molecule has 0 saturated heterocycles. The van der Waals surface area contributed by atoms with Gasteiger partial charge >= 0.3 is 12.2 Å². The lowest BCUT2D eigenvalue weighted by molar-refractivity contribution is -0.159. The van der Waals surface area contributed by atoms with E-state index in [1.54, 1.807) is 18.7 Å². The van der Waals surface area contributed by atoms with Gasteiger partial charge in [-0.15, -0.1) is 24.8 Å². The van der Waals surface area contributed by atoms with E-state index in [4.69, 9.17) is 15.2 Å². The summed E-state index contributed by atoms with van der Waals surface area (Å²) in [5.74, 6) is -1.44. The molecule has 0 fully saturated rings. The van der Waals surface area contributed by atoms with Crippen LogP contribution in [0.1, 0.15) is 68.7 Å². The predicted molar refractivity (Wildman–Crippen MR) is 112 cm³/mol. The van der Waals surface area contributed by atoms with Crippen LogP contribution in [0, 0.1) is 0 Å². The Morgan fingerprint density at radius 2 is 1.37 bits per heavy atom. The first-order valence-electron chi connectivity index (χ1n) is 8.63. The van der Waals surface area contributed by atoms with Crippen LogP contribution in [0.4, 0.5) is 9.59 Å². The van der Waals surface area contributed by atoms with E-state index in [-0.39, 0.29) is 24.8 Å². The fourth-order valence-corrected chi connectivity index (χ4v) is 2.14. The van der Waals surface area contributed by atoms with Crippen molar-refractivity contribution in [3.8, 4) is 0 Å². The molecule has 0 aliphatic carbocycles. The molecule has 4 N–H and O–H groups in total. The summed E-state index contributed by atoms with van der Waals surface area (Å²) in [7, 11) is 0. The molecule has 0 spiro atoms. The lowest BCUT2D eigenvalue weighted by Crippen LogP contribution is -2.62. The number of carbonyl (C=O) groups excluding carboxylic acids is 2. The Labute approximate surface area is 176 Å². The van der Waals surface area contributed by atoms with E-state index < -0.39 is 35.3 Å². The Hall–Kier alpha value is -0.960. The number of alkyl carbamates (subject to hydrolysis) is 2. The van der Waals surface area contributed by atoms with Crippen molar-refractivity contribution in [1.82, 2.24) is 15.5 Å². The molecule has 0 heterocycles. The molecule has 2 amide bonds. The van der Waals surface area contributed by atoms with Gasteiger partial charge in [-0.05, 0) is 54.9 Å². The van der Waals surface area contributed by atoms with Gasteiger partial charge in [0.2, 0.25) is 5.85 Å². The maximum atomic E-state index is 12.1. The zero-order valence-corrected chi connectivity index (χ0v) is 19.6. The smallest absolute Gasteiger partial charge is 0.410 e. The Bertz CT molecular complexity index is 463. The second-order valence-corrected chi connectivity index (χ2v) is 8.39. The molecular formula is C17H38Cl2N4O4. The molecule has 27 heavy (non-hydrogen) atoms. The van der Waals surface area contributed by atoms with E-state index >= 15 is 0 Å². The number of amides is 2. The lowest BCUT2D eigenvalue weighted by atomic mass is 10.1. The van der Waals surface area contributed by atoms with Crippen molar-refractivity contribution in [2.24, 2.45) is 5.73 Å². The van der Waals surface area contributed by atoms with Crippen molar-refractivity contribution in [3.05, 3.63) is 0 Å². The minimum atomic E-state index is -1.44. The van der Waals surface area contributed by atoms with Gasteiger partial charge in [-0.2, -0.15) is 0 Å². The van der Waals surface area contributed by atoms with Crippen LogP contribution in [0.25, 0.3) is 0 Å². The minimum absolute atomic E-state index is 0. The molecule has 0 saturated carbocycles. The molecule has 8 nitrogen and oxygen atoms in total. The van der Waals surface area contributed by atoms with Gasteiger partial charge in [0.15, 0.2) is 6.23 Å². The van der Waals surface area contributed by atoms with Gasteiger partial charge in [-0.3, -0.25) is 5.73 Å². The summed E-state index contributed by atoms with van der Waals surface area (Å²) in [6, 6.07) is 0. The summed E-state index contributed by atoms with van der Waals surface area (Å²) in [5, 5.41) is 5.42. The van der Waals surface area contributed by atoms with Gasteiger partial charge in [0.25, 0.3) is 0 Å². The van der Waals surface area contributed by atoms with E-state index in [2.05, 4.69) is 10.6 Å². The van der Waals surface area contributed by atoms with Crippen molar-refractivity contribution in [1.29, 1.82) is 0 Å². The number of nitrogens with one attached hydrogen (secondary N) is 2. The largest absolute Gasteiger partial charge is 0.430 e. The summed E-state index contributed by atoms with van der Waals surface area (Å²) in [6.07, 6.45) is -1.13. The zero-order valence-electron chi connectivity index (χ0n) is 18.0. The Morgan fingerprint density at radius 3 is 1.74 bits per heavy atom. The van der Waals surface area contributed by atoms with Crippen molar-refractivity contribution >= 4 is 37.0 Å². The summed E-state index contributed by atoms with van der Waals surface area (Å²) in [4.78, 5) is 25.7. The van der Waals surface area contributed by atoms with Crippen LogP contribution in [-0.4, -0.2) is 46.8 Å². The molecule has 0 bridgehead atoms. The van der Waals surface area contributed by atoms with Crippen LogP contribution in [-0.2, 0) is 9.47 Å². The molecule has 0 radical (unpaired) electrons. The first-order chi connectivity index (χ1) is 11.1. The van der Waals surface area contributed by atoms with Crippen LogP contribution in [0.15, 0.2) is 0 Å². The van der Waals surface area contributed by atoms with Crippen molar-refractivity contribution in [2.45, 2.75) is 91.9 Å². The SMILES string of the molecule is CCCN(C(C)OC(=O)NC(C)(C)C)C(C)(N)OC(=O)NC(C)(C)C.Cl.Cl. The van der Waals surface area contributed by atoms with Crippen molar-refractivity contribution in [2.75, 3.05) is 6.54 Å². The Balaban J connectivity index is -0.00000288. The van der Waals surface area contributed by atoms with Crippen LogP contribution >= 0.6 is 24.8 Å². The highest BCUT2D eigenvalue weighted by Gasteiger charge is 2.37. The fourth-order valence-electron chi connectivity index (χ4n) is 2.14. The van der Waals surface area contributed by atoms with E-state index in [1.807, 2.05) is 48.5 Å². The van der Waals surface area contributed by atoms with E-state index in [1.165, 1.54) is 0 Å². The van der Waals surface area contributed by atoms with Gasteiger partial charge < -0.3 is 20.1 Å². The first kappa shape index (κ1) is 30.8. The second-order valence-electron chi connectivity index (χ2n) is 8.39. The fraction of sp³-hybridized carbons (Fsp3) is 0.882. The second kappa shape index (κ2) is 11.8. The van der Waals surface area contributed by atoms with Crippen molar-refractivity contribution < 1.29 is 19.1 Å². The maximum absolute atomic E-state index is 12.1. The lowest BCUT2D eigenvalue weighted by Gasteiger charge is -2.40. The molecule has 2 atom stereocenters. The van der Waals surface area contributed by atoms with Crippen LogP contribution in [0.3, 0.4) is 0 Å². The summed E-state index contributed by atoms with van der Waals surface area (Å²) in [6.45, 7) is 16.8. The molecule has 0 aromatic rings. The third-order valence-electron chi connectivity index (χ3n) is 3.00.